The average molecular weight is 1010 g/mol. The summed E-state index contributed by atoms with van der Waals surface area (Å²) in [6.45, 7) is 12.5. The van der Waals surface area contributed by atoms with E-state index < -0.39 is 22.9 Å². The van der Waals surface area contributed by atoms with Crippen molar-refractivity contribution in [3.8, 4) is 0 Å². The molecule has 0 saturated heterocycles. The zero-order valence-corrected chi connectivity index (χ0v) is 44.0. The second-order valence-corrected chi connectivity index (χ2v) is 26.9. The summed E-state index contributed by atoms with van der Waals surface area (Å²) in [4.78, 5) is 40.7. The number of carbonyl (C=O) groups excluding carboxylic acids is 3. The van der Waals surface area contributed by atoms with Crippen LogP contribution in [0.5, 0.6) is 0 Å². The molecule has 4 atom stereocenters. The highest BCUT2D eigenvalue weighted by atomic mass is 32.2. The van der Waals surface area contributed by atoms with Crippen LogP contribution in [0.1, 0.15) is 133 Å². The quantitative estimate of drug-likeness (QED) is 0.0628. The molecule has 4 unspecified atom stereocenters. The summed E-state index contributed by atoms with van der Waals surface area (Å²) in [7, 11) is -0.0394. The van der Waals surface area contributed by atoms with E-state index in [1.807, 2.05) is 0 Å². The summed E-state index contributed by atoms with van der Waals surface area (Å²) < 4.78 is 48.3. The van der Waals surface area contributed by atoms with Crippen molar-refractivity contribution in [1.82, 2.24) is 0 Å². The summed E-state index contributed by atoms with van der Waals surface area (Å²) in [5.41, 5.74) is 3.06. The first-order valence-electron chi connectivity index (χ1n) is 27.1. The Balaban J connectivity index is 0.000000129. The lowest BCUT2D eigenvalue weighted by Crippen LogP contribution is -2.57. The number of esters is 3. The smallest absolute Gasteiger partial charge is 0.376 e. The molecular formula is C61H77F2O8S+. The summed E-state index contributed by atoms with van der Waals surface area (Å²) in [5, 5.41) is 10.5. The molecule has 12 aliphatic carbocycles. The van der Waals surface area contributed by atoms with E-state index in [2.05, 4.69) is 100 Å². The molecule has 12 bridgehead atoms. The summed E-state index contributed by atoms with van der Waals surface area (Å²) in [5.74, 6) is -0.0219. The van der Waals surface area contributed by atoms with Crippen LogP contribution in [0.25, 0.3) is 0 Å². The highest BCUT2D eigenvalue weighted by molar-refractivity contribution is 7.97. The minimum Gasteiger partial charge on any atom is -0.461 e. The Bertz CT molecular complexity index is 2300. The van der Waals surface area contributed by atoms with Gasteiger partial charge in [-0.3, -0.25) is 4.79 Å². The molecule has 15 rings (SSSR count). The molecule has 0 aromatic heterocycles. The molecule has 0 amide bonds. The van der Waals surface area contributed by atoms with Crippen LogP contribution in [-0.4, -0.2) is 60.1 Å². The first-order valence-corrected chi connectivity index (χ1v) is 28.3. The highest BCUT2D eigenvalue weighted by Gasteiger charge is 2.61. The fraction of sp³-hybridized carbons (Fsp3) is 0.623. The lowest BCUT2D eigenvalue weighted by Gasteiger charge is -2.59. The molecule has 12 fully saturated rings. The SMILES string of the molecule is C=C(C)C(=O)OC1C2CC3CC1CC(C(=O)OCOC1C4CC5CC(C4)CC1C5)(C3)C2.CC(F)(F)C(=O)OCC12CC3CC(CC(O)(C3)C1)C2.Cc1ccc([S+](c2ccc(C)cc2)c2ccc(C)cc2)cc1. The standard InChI is InChI=1S/C26H36O5.C21H21S.C14H20F2O3/c1-14(2)24(27)31-23-20-8-17-9-21(23)12-26(10-17,11-20)25(28)30-13-29-22-18-4-15-3-16(6-18)7-19(22)5-15;1-16-4-10-19(11-5-16)22(20-12-6-17(2)7-13-20)21-14-8-18(3)9-15-21;1-12(15,16)11(17)19-8-13-3-9-2-10(4-13)6-14(18,5-9)7-13/h15-23H,1,3-13H2,2H3;4-15H,1-3H3;9-10,18H,2-8H2,1H3/q;+1;. The zero-order chi connectivity index (χ0) is 50.7. The predicted molar refractivity (Wildman–Crippen MR) is 273 cm³/mol. The minimum atomic E-state index is -3.43. The van der Waals surface area contributed by atoms with E-state index in [0.29, 0.717) is 54.6 Å². The molecule has 0 radical (unpaired) electrons. The molecule has 8 nitrogen and oxygen atoms in total. The van der Waals surface area contributed by atoms with Gasteiger partial charge in [0, 0.05) is 17.9 Å². The largest absolute Gasteiger partial charge is 0.461 e. The molecule has 72 heavy (non-hydrogen) atoms. The third kappa shape index (κ3) is 11.0. The lowest BCUT2D eigenvalue weighted by atomic mass is 9.48. The van der Waals surface area contributed by atoms with Crippen LogP contribution < -0.4 is 0 Å². The number of hydrogen-bond acceptors (Lipinski definition) is 8. The molecule has 0 heterocycles. The lowest BCUT2D eigenvalue weighted by molar-refractivity contribution is -0.212. The van der Waals surface area contributed by atoms with Gasteiger partial charge in [0.1, 0.15) is 6.10 Å². The third-order valence-electron chi connectivity index (χ3n) is 18.6. The number of aliphatic hydroxyl groups is 1. The van der Waals surface area contributed by atoms with Crippen LogP contribution in [-0.2, 0) is 44.2 Å². The predicted octanol–water partition coefficient (Wildman–Crippen LogP) is 12.9. The maximum Gasteiger partial charge on any atom is 0.376 e. The maximum atomic E-state index is 13.3. The second-order valence-electron chi connectivity index (χ2n) is 24.9. The Morgan fingerprint density at radius 3 is 1.53 bits per heavy atom. The van der Waals surface area contributed by atoms with E-state index in [1.165, 1.54) is 63.5 Å². The third-order valence-corrected chi connectivity index (χ3v) is 20.8. The Labute approximate surface area is 429 Å². The van der Waals surface area contributed by atoms with Gasteiger partial charge in [0.2, 0.25) is 0 Å². The number of halogens is 2. The summed E-state index contributed by atoms with van der Waals surface area (Å²) in [6, 6.07) is 26.8. The first kappa shape index (κ1) is 51.4. The fourth-order valence-electron chi connectivity index (χ4n) is 16.5. The van der Waals surface area contributed by atoms with Gasteiger partial charge in [-0.1, -0.05) is 59.7 Å². The molecule has 0 aliphatic heterocycles. The van der Waals surface area contributed by atoms with Gasteiger partial charge in [-0.05, 0) is 220 Å². The van der Waals surface area contributed by atoms with Crippen molar-refractivity contribution >= 4 is 28.8 Å². The molecule has 388 valence electrons. The van der Waals surface area contributed by atoms with E-state index in [4.69, 9.17) is 18.9 Å². The minimum absolute atomic E-state index is 0.0323. The molecule has 11 heteroatoms. The number of aryl methyl sites for hydroxylation is 3. The molecule has 12 aliphatic rings. The number of carbonyl (C=O) groups is 3. The van der Waals surface area contributed by atoms with Crippen molar-refractivity contribution in [2.45, 2.75) is 176 Å². The summed E-state index contributed by atoms with van der Waals surface area (Å²) in [6.07, 6.45) is 16.7. The highest BCUT2D eigenvalue weighted by Crippen LogP contribution is 2.63. The van der Waals surface area contributed by atoms with Crippen molar-refractivity contribution in [1.29, 1.82) is 0 Å². The monoisotopic (exact) mass is 1010 g/mol. The van der Waals surface area contributed by atoms with Gasteiger partial charge in [0.25, 0.3) is 0 Å². The van der Waals surface area contributed by atoms with E-state index in [0.717, 1.165) is 76.0 Å². The molecule has 1 N–H and O–H groups in total. The van der Waals surface area contributed by atoms with Crippen LogP contribution in [0, 0.1) is 84.9 Å². The van der Waals surface area contributed by atoms with Gasteiger partial charge in [-0.15, -0.1) is 0 Å². The van der Waals surface area contributed by atoms with Crippen LogP contribution in [0.4, 0.5) is 8.78 Å². The van der Waals surface area contributed by atoms with Crippen LogP contribution in [0.3, 0.4) is 0 Å². The molecule has 0 spiro atoms. The van der Waals surface area contributed by atoms with Gasteiger partial charge in [0.05, 0.1) is 34.6 Å². The van der Waals surface area contributed by atoms with Gasteiger partial charge in [0.15, 0.2) is 21.5 Å². The number of alkyl halides is 2. The van der Waals surface area contributed by atoms with Crippen LogP contribution in [0.2, 0.25) is 0 Å². The molecule has 3 aromatic rings. The van der Waals surface area contributed by atoms with Crippen LogP contribution >= 0.6 is 0 Å². The Hall–Kier alpha value is -4.06. The van der Waals surface area contributed by atoms with E-state index in [-0.39, 0.29) is 59.6 Å². The second kappa shape index (κ2) is 20.2. The summed E-state index contributed by atoms with van der Waals surface area (Å²) >= 11 is 0. The van der Waals surface area contributed by atoms with Gasteiger partial charge < -0.3 is 24.1 Å². The average Bonchev–Trinajstić information content (AvgIpc) is 3.31. The normalized spacial score (nSPS) is 36.0. The van der Waals surface area contributed by atoms with Crippen molar-refractivity contribution in [2.24, 2.45) is 64.1 Å². The van der Waals surface area contributed by atoms with Crippen LogP contribution in [0.15, 0.2) is 99.6 Å². The van der Waals surface area contributed by atoms with Crippen molar-refractivity contribution in [3.63, 3.8) is 0 Å². The van der Waals surface area contributed by atoms with E-state index in [9.17, 15) is 28.3 Å². The Morgan fingerprint density at radius 1 is 0.625 bits per heavy atom. The Morgan fingerprint density at radius 2 is 1.08 bits per heavy atom. The first-order chi connectivity index (χ1) is 34.2. The van der Waals surface area contributed by atoms with E-state index >= 15 is 0 Å². The number of benzene rings is 3. The topological polar surface area (TPSA) is 108 Å². The van der Waals surface area contributed by atoms with Gasteiger partial charge >= 0.3 is 23.8 Å². The molecule has 12 saturated carbocycles. The van der Waals surface area contributed by atoms with Gasteiger partial charge in [-0.2, -0.15) is 8.78 Å². The zero-order valence-electron chi connectivity index (χ0n) is 43.2. The Kier molecular flexibility index (Phi) is 14.5. The van der Waals surface area contributed by atoms with Crippen molar-refractivity contribution in [2.75, 3.05) is 13.4 Å². The number of ether oxygens (including phenoxy) is 4. The van der Waals surface area contributed by atoms with Crippen molar-refractivity contribution in [3.05, 3.63) is 102 Å². The maximum absolute atomic E-state index is 13.3. The fourth-order valence-corrected chi connectivity index (χ4v) is 18.5. The van der Waals surface area contributed by atoms with E-state index in [1.54, 1.807) is 6.92 Å². The molecular weight excluding hydrogens is 931 g/mol. The van der Waals surface area contributed by atoms with Crippen molar-refractivity contribution < 1.29 is 47.2 Å². The molecule has 3 aromatic carbocycles. The number of rotatable bonds is 12. The van der Waals surface area contributed by atoms with Gasteiger partial charge in [-0.25, -0.2) is 9.59 Å². The number of hydrogen-bond donors (Lipinski definition) is 1.